The molecule has 2 nitrogen and oxygen atoms in total. The van der Waals surface area contributed by atoms with E-state index in [1.54, 1.807) is 0 Å². The molecular formula is C7H16N2S. The Morgan fingerprint density at radius 1 is 1.60 bits per heavy atom. The van der Waals surface area contributed by atoms with E-state index in [0.29, 0.717) is 11.2 Å². The van der Waals surface area contributed by atoms with Crippen molar-refractivity contribution in [2.75, 3.05) is 0 Å². The van der Waals surface area contributed by atoms with E-state index >= 15 is 0 Å². The second-order valence-corrected chi connectivity index (χ2v) is 3.99. The summed E-state index contributed by atoms with van der Waals surface area (Å²) in [6.07, 6.45) is 1.15. The number of thioether (sulfide) groups is 1. The Hall–Kier alpha value is -0.180. The van der Waals surface area contributed by atoms with Crippen molar-refractivity contribution in [3.63, 3.8) is 0 Å². The van der Waals surface area contributed by atoms with Crippen LogP contribution in [0.1, 0.15) is 27.2 Å². The van der Waals surface area contributed by atoms with Gasteiger partial charge in [0.25, 0.3) is 0 Å². The van der Waals surface area contributed by atoms with E-state index in [9.17, 15) is 0 Å². The molecule has 10 heavy (non-hydrogen) atoms. The lowest BCUT2D eigenvalue weighted by Crippen LogP contribution is -2.15. The molecular weight excluding hydrogens is 144 g/mol. The second-order valence-electron chi connectivity index (χ2n) is 2.57. The summed E-state index contributed by atoms with van der Waals surface area (Å²) < 4.78 is 0. The van der Waals surface area contributed by atoms with Crippen molar-refractivity contribution < 1.29 is 0 Å². The number of amidine groups is 1. The van der Waals surface area contributed by atoms with Crippen molar-refractivity contribution in [1.29, 1.82) is 5.41 Å². The highest BCUT2D eigenvalue weighted by atomic mass is 32.2. The third-order valence-electron chi connectivity index (χ3n) is 1.76. The molecule has 0 aliphatic rings. The first kappa shape index (κ1) is 9.82. The normalized spacial score (nSPS) is 16.3. The third kappa shape index (κ3) is 3.77. The van der Waals surface area contributed by atoms with Crippen molar-refractivity contribution in [1.82, 2.24) is 0 Å². The van der Waals surface area contributed by atoms with Crippen molar-refractivity contribution >= 4 is 16.9 Å². The summed E-state index contributed by atoms with van der Waals surface area (Å²) in [7, 11) is 0. The Bertz CT molecular complexity index is 114. The van der Waals surface area contributed by atoms with Crippen molar-refractivity contribution in [3.05, 3.63) is 0 Å². The van der Waals surface area contributed by atoms with Crippen LogP contribution in [-0.4, -0.2) is 10.4 Å². The summed E-state index contributed by atoms with van der Waals surface area (Å²) in [4.78, 5) is 0. The van der Waals surface area contributed by atoms with Gasteiger partial charge >= 0.3 is 0 Å². The lowest BCUT2D eigenvalue weighted by Gasteiger charge is -2.15. The van der Waals surface area contributed by atoms with Gasteiger partial charge in [-0.1, -0.05) is 39.0 Å². The molecule has 2 unspecified atom stereocenters. The molecule has 0 spiro atoms. The van der Waals surface area contributed by atoms with E-state index < -0.39 is 0 Å². The minimum absolute atomic E-state index is 0.229. The van der Waals surface area contributed by atoms with E-state index in [1.807, 2.05) is 0 Å². The molecule has 3 heteroatoms. The average Bonchev–Trinajstić information content (AvgIpc) is 1.85. The maximum absolute atomic E-state index is 7.03. The van der Waals surface area contributed by atoms with Gasteiger partial charge in [0.1, 0.15) is 0 Å². The molecule has 0 aromatic heterocycles. The number of rotatable bonds is 3. The SMILES string of the molecule is CCC(C)C(C)SC(=N)N. The maximum atomic E-state index is 7.03. The van der Waals surface area contributed by atoms with E-state index in [2.05, 4.69) is 20.8 Å². The van der Waals surface area contributed by atoms with Gasteiger partial charge in [-0.15, -0.1) is 0 Å². The Morgan fingerprint density at radius 3 is 2.40 bits per heavy atom. The first-order valence-corrected chi connectivity index (χ1v) is 4.46. The molecule has 0 aromatic rings. The van der Waals surface area contributed by atoms with E-state index in [1.165, 1.54) is 11.8 Å². The Balaban J connectivity index is 3.61. The summed E-state index contributed by atoms with van der Waals surface area (Å²) in [6.45, 7) is 6.45. The molecule has 0 bridgehead atoms. The second kappa shape index (κ2) is 4.61. The highest BCUT2D eigenvalue weighted by Crippen LogP contribution is 2.20. The van der Waals surface area contributed by atoms with E-state index in [0.717, 1.165) is 6.42 Å². The summed E-state index contributed by atoms with van der Waals surface area (Å²) >= 11 is 1.45. The number of hydrogen-bond acceptors (Lipinski definition) is 2. The van der Waals surface area contributed by atoms with E-state index in [4.69, 9.17) is 11.1 Å². The fourth-order valence-electron chi connectivity index (χ4n) is 0.648. The molecule has 0 fully saturated rings. The van der Waals surface area contributed by atoms with Crippen LogP contribution in [0.2, 0.25) is 0 Å². The molecule has 0 aliphatic carbocycles. The zero-order valence-corrected chi connectivity index (χ0v) is 7.66. The molecule has 0 aliphatic heterocycles. The van der Waals surface area contributed by atoms with Crippen LogP contribution in [0, 0.1) is 11.3 Å². The van der Waals surface area contributed by atoms with Gasteiger partial charge in [-0.25, -0.2) is 0 Å². The van der Waals surface area contributed by atoms with Crippen LogP contribution in [0.15, 0.2) is 0 Å². The van der Waals surface area contributed by atoms with Crippen LogP contribution in [0.4, 0.5) is 0 Å². The van der Waals surface area contributed by atoms with Gasteiger partial charge in [-0.05, 0) is 5.92 Å². The molecule has 0 amide bonds. The Kier molecular flexibility index (Phi) is 4.52. The Morgan fingerprint density at radius 2 is 2.10 bits per heavy atom. The zero-order valence-electron chi connectivity index (χ0n) is 6.85. The molecule has 0 saturated heterocycles. The van der Waals surface area contributed by atoms with Gasteiger partial charge in [0.2, 0.25) is 0 Å². The minimum Gasteiger partial charge on any atom is -0.379 e. The molecule has 0 radical (unpaired) electrons. The van der Waals surface area contributed by atoms with Gasteiger partial charge in [0, 0.05) is 5.25 Å². The van der Waals surface area contributed by atoms with Crippen molar-refractivity contribution in [2.24, 2.45) is 11.7 Å². The number of hydrogen-bond donors (Lipinski definition) is 2. The fourth-order valence-corrected chi connectivity index (χ4v) is 1.47. The Labute approximate surface area is 67.1 Å². The molecule has 0 heterocycles. The minimum atomic E-state index is 0.229. The van der Waals surface area contributed by atoms with Gasteiger partial charge in [0.15, 0.2) is 5.17 Å². The number of nitrogens with one attached hydrogen (secondary N) is 1. The smallest absolute Gasteiger partial charge is 0.151 e. The molecule has 0 rings (SSSR count). The van der Waals surface area contributed by atoms with Crippen LogP contribution in [0.5, 0.6) is 0 Å². The predicted molar refractivity (Wildman–Crippen MR) is 48.4 cm³/mol. The van der Waals surface area contributed by atoms with Crippen LogP contribution in [0.3, 0.4) is 0 Å². The molecule has 0 saturated carbocycles. The van der Waals surface area contributed by atoms with Gasteiger partial charge in [-0.2, -0.15) is 0 Å². The highest BCUT2D eigenvalue weighted by Gasteiger charge is 2.10. The topological polar surface area (TPSA) is 49.9 Å². The molecule has 60 valence electrons. The monoisotopic (exact) mass is 160 g/mol. The predicted octanol–water partition coefficient (Wildman–Crippen LogP) is 2.05. The lowest BCUT2D eigenvalue weighted by atomic mass is 10.1. The highest BCUT2D eigenvalue weighted by molar-refractivity contribution is 8.14. The molecule has 0 aromatic carbocycles. The summed E-state index contributed by atoms with van der Waals surface area (Å²) in [6, 6.07) is 0. The lowest BCUT2D eigenvalue weighted by molar-refractivity contribution is 0.559. The largest absolute Gasteiger partial charge is 0.379 e. The van der Waals surface area contributed by atoms with Gasteiger partial charge < -0.3 is 5.73 Å². The van der Waals surface area contributed by atoms with Crippen LogP contribution in [-0.2, 0) is 0 Å². The molecule has 2 atom stereocenters. The summed E-state index contributed by atoms with van der Waals surface area (Å²) in [5.74, 6) is 0.647. The van der Waals surface area contributed by atoms with E-state index in [-0.39, 0.29) is 5.17 Å². The summed E-state index contributed by atoms with van der Waals surface area (Å²) in [5.41, 5.74) is 5.23. The van der Waals surface area contributed by atoms with Crippen LogP contribution in [0.25, 0.3) is 0 Å². The third-order valence-corrected chi connectivity index (χ3v) is 2.85. The van der Waals surface area contributed by atoms with Crippen LogP contribution < -0.4 is 5.73 Å². The first-order chi connectivity index (χ1) is 4.57. The van der Waals surface area contributed by atoms with Crippen molar-refractivity contribution in [2.45, 2.75) is 32.4 Å². The number of nitrogens with two attached hydrogens (primary N) is 1. The van der Waals surface area contributed by atoms with Gasteiger partial charge in [-0.3, -0.25) is 5.41 Å². The summed E-state index contributed by atoms with van der Waals surface area (Å²) in [5, 5.41) is 7.74. The molecule has 3 N–H and O–H groups in total. The first-order valence-electron chi connectivity index (χ1n) is 3.58. The maximum Gasteiger partial charge on any atom is 0.151 e. The standard InChI is InChI=1S/C7H16N2S/c1-4-5(2)6(3)10-7(8)9/h5-6H,4H2,1-3H3,(H3,8,9). The van der Waals surface area contributed by atoms with Crippen LogP contribution >= 0.6 is 11.8 Å². The zero-order chi connectivity index (χ0) is 8.15. The van der Waals surface area contributed by atoms with Gasteiger partial charge in [0.05, 0.1) is 0 Å². The fraction of sp³-hybridized carbons (Fsp3) is 0.857. The average molecular weight is 160 g/mol. The quantitative estimate of drug-likeness (QED) is 0.490. The van der Waals surface area contributed by atoms with Crippen molar-refractivity contribution in [3.8, 4) is 0 Å².